The fraction of sp³-hybridized carbons (Fsp3) is 0.667. The minimum absolute atomic E-state index is 0.113. The van der Waals surface area contributed by atoms with Gasteiger partial charge in [-0.3, -0.25) is 0 Å². The highest BCUT2D eigenvalue weighted by molar-refractivity contribution is 7.09. The molecule has 0 atom stereocenters. The Morgan fingerprint density at radius 2 is 2.40 bits per heavy atom. The van der Waals surface area contributed by atoms with E-state index >= 15 is 0 Å². The summed E-state index contributed by atoms with van der Waals surface area (Å²) in [7, 11) is 0. The van der Waals surface area contributed by atoms with Crippen molar-refractivity contribution in [1.82, 2.24) is 10.2 Å². The van der Waals surface area contributed by atoms with Crippen molar-refractivity contribution in [2.24, 2.45) is 0 Å². The summed E-state index contributed by atoms with van der Waals surface area (Å²) in [5, 5.41) is 17.4. The molecule has 56 valence electrons. The maximum Gasteiger partial charge on any atom is 0.125 e. The molecule has 0 saturated carbocycles. The molecular weight excluding hydrogens is 148 g/mol. The lowest BCUT2D eigenvalue weighted by molar-refractivity contribution is 0.217. The molecule has 0 amide bonds. The van der Waals surface area contributed by atoms with E-state index in [4.69, 9.17) is 5.11 Å². The number of aliphatic hydroxyl groups excluding tert-OH is 1. The van der Waals surface area contributed by atoms with Gasteiger partial charge >= 0.3 is 0 Å². The molecule has 1 heterocycles. The molecule has 1 aromatic heterocycles. The van der Waals surface area contributed by atoms with Crippen LogP contribution < -0.4 is 0 Å². The lowest BCUT2D eigenvalue weighted by Gasteiger charge is -2.16. The highest BCUT2D eigenvalue weighted by Gasteiger charge is 2.22. The van der Waals surface area contributed by atoms with Gasteiger partial charge in [-0.05, 0) is 0 Å². The average Bonchev–Trinajstić information content (AvgIpc) is 2.38. The molecule has 1 rings (SSSR count). The van der Waals surface area contributed by atoms with Crippen molar-refractivity contribution >= 4 is 11.3 Å². The van der Waals surface area contributed by atoms with Crippen LogP contribution in [-0.4, -0.2) is 21.9 Å². The SMILES string of the molecule is CC(C)(CO)c1nncs1. The maximum absolute atomic E-state index is 8.90. The summed E-state index contributed by atoms with van der Waals surface area (Å²) in [5.41, 5.74) is 1.44. The van der Waals surface area contributed by atoms with Gasteiger partial charge in [-0.15, -0.1) is 21.5 Å². The van der Waals surface area contributed by atoms with Crippen LogP contribution in [0, 0.1) is 0 Å². The number of nitrogens with zero attached hydrogens (tertiary/aromatic N) is 2. The van der Waals surface area contributed by atoms with E-state index in [1.165, 1.54) is 11.3 Å². The van der Waals surface area contributed by atoms with Crippen LogP contribution in [0.25, 0.3) is 0 Å². The molecule has 0 aliphatic carbocycles. The van der Waals surface area contributed by atoms with E-state index in [2.05, 4.69) is 10.2 Å². The van der Waals surface area contributed by atoms with Crippen molar-refractivity contribution < 1.29 is 5.11 Å². The number of aromatic nitrogens is 2. The molecule has 0 fully saturated rings. The van der Waals surface area contributed by atoms with Crippen LogP contribution in [0.3, 0.4) is 0 Å². The zero-order valence-corrected chi connectivity index (χ0v) is 6.85. The van der Waals surface area contributed by atoms with Gasteiger partial charge < -0.3 is 5.11 Å². The molecule has 4 heteroatoms. The molecule has 0 aromatic carbocycles. The third-order valence-electron chi connectivity index (χ3n) is 1.33. The first kappa shape index (κ1) is 7.63. The predicted molar refractivity (Wildman–Crippen MR) is 40.0 cm³/mol. The van der Waals surface area contributed by atoms with Gasteiger partial charge in [-0.25, -0.2) is 0 Å². The Morgan fingerprint density at radius 3 is 2.80 bits per heavy atom. The van der Waals surface area contributed by atoms with Gasteiger partial charge in [0.2, 0.25) is 0 Å². The molecule has 10 heavy (non-hydrogen) atoms. The quantitative estimate of drug-likeness (QED) is 0.692. The lowest BCUT2D eigenvalue weighted by atomic mass is 9.96. The molecule has 0 radical (unpaired) electrons. The molecule has 0 aliphatic heterocycles. The van der Waals surface area contributed by atoms with Crippen LogP contribution in [-0.2, 0) is 5.41 Å². The normalized spacial score (nSPS) is 11.9. The molecule has 3 nitrogen and oxygen atoms in total. The zero-order chi connectivity index (χ0) is 7.61. The van der Waals surface area contributed by atoms with E-state index in [0.717, 1.165) is 5.01 Å². The Bertz CT molecular complexity index is 196. The number of aliphatic hydroxyl groups is 1. The van der Waals surface area contributed by atoms with Gasteiger partial charge in [-0.1, -0.05) is 13.8 Å². The van der Waals surface area contributed by atoms with Crippen molar-refractivity contribution in [3.63, 3.8) is 0 Å². The van der Waals surface area contributed by atoms with Crippen molar-refractivity contribution in [3.8, 4) is 0 Å². The van der Waals surface area contributed by atoms with E-state index in [-0.39, 0.29) is 12.0 Å². The van der Waals surface area contributed by atoms with E-state index in [1.807, 2.05) is 13.8 Å². The maximum atomic E-state index is 8.90. The van der Waals surface area contributed by atoms with Gasteiger partial charge in [0.25, 0.3) is 0 Å². The molecule has 0 unspecified atom stereocenters. The third-order valence-corrected chi connectivity index (χ3v) is 2.39. The number of hydrogen-bond acceptors (Lipinski definition) is 4. The minimum atomic E-state index is -0.235. The molecule has 0 bridgehead atoms. The molecular formula is C6H10N2OS. The van der Waals surface area contributed by atoms with E-state index in [0.29, 0.717) is 0 Å². The third kappa shape index (κ3) is 1.33. The highest BCUT2D eigenvalue weighted by Crippen LogP contribution is 2.22. The molecule has 0 saturated heterocycles. The molecule has 1 N–H and O–H groups in total. The smallest absolute Gasteiger partial charge is 0.125 e. The minimum Gasteiger partial charge on any atom is -0.395 e. The topological polar surface area (TPSA) is 46.0 Å². The van der Waals surface area contributed by atoms with Crippen LogP contribution in [0.4, 0.5) is 0 Å². The van der Waals surface area contributed by atoms with Crippen molar-refractivity contribution in [1.29, 1.82) is 0 Å². The second kappa shape index (κ2) is 2.64. The van der Waals surface area contributed by atoms with Crippen LogP contribution in [0.15, 0.2) is 5.51 Å². The molecule has 0 aliphatic rings. The van der Waals surface area contributed by atoms with Gasteiger partial charge in [0, 0.05) is 5.41 Å². The summed E-state index contributed by atoms with van der Waals surface area (Å²) in [6, 6.07) is 0. The molecule has 0 spiro atoms. The van der Waals surface area contributed by atoms with E-state index < -0.39 is 0 Å². The van der Waals surface area contributed by atoms with Crippen LogP contribution in [0.2, 0.25) is 0 Å². The Labute approximate surface area is 63.7 Å². The largest absolute Gasteiger partial charge is 0.395 e. The summed E-state index contributed by atoms with van der Waals surface area (Å²) in [6.45, 7) is 3.99. The second-order valence-corrected chi connectivity index (χ2v) is 3.62. The summed E-state index contributed by atoms with van der Waals surface area (Å²) in [5.74, 6) is 0. The second-order valence-electron chi connectivity index (χ2n) is 2.79. The highest BCUT2D eigenvalue weighted by atomic mass is 32.1. The first-order valence-electron chi connectivity index (χ1n) is 3.04. The Morgan fingerprint density at radius 1 is 1.70 bits per heavy atom. The standard InChI is InChI=1S/C6H10N2OS/c1-6(2,3-9)5-8-7-4-10-5/h4,9H,3H2,1-2H3. The van der Waals surface area contributed by atoms with E-state index in [9.17, 15) is 0 Å². The summed E-state index contributed by atoms with van der Waals surface area (Å²) in [6.07, 6.45) is 0. The Balaban J connectivity index is 2.85. The summed E-state index contributed by atoms with van der Waals surface area (Å²) < 4.78 is 0. The number of hydrogen-bond donors (Lipinski definition) is 1. The van der Waals surface area contributed by atoms with Crippen molar-refractivity contribution in [3.05, 3.63) is 10.5 Å². The lowest BCUT2D eigenvalue weighted by Crippen LogP contribution is -2.21. The fourth-order valence-corrected chi connectivity index (χ4v) is 1.21. The van der Waals surface area contributed by atoms with Crippen LogP contribution in [0.1, 0.15) is 18.9 Å². The van der Waals surface area contributed by atoms with E-state index in [1.54, 1.807) is 5.51 Å². The Kier molecular flexibility index (Phi) is 2.01. The van der Waals surface area contributed by atoms with Gasteiger partial charge in [0.1, 0.15) is 10.5 Å². The Hall–Kier alpha value is -0.480. The summed E-state index contributed by atoms with van der Waals surface area (Å²) >= 11 is 1.47. The fourth-order valence-electron chi connectivity index (χ4n) is 0.536. The van der Waals surface area contributed by atoms with Crippen molar-refractivity contribution in [2.45, 2.75) is 19.3 Å². The zero-order valence-electron chi connectivity index (χ0n) is 6.03. The average molecular weight is 158 g/mol. The van der Waals surface area contributed by atoms with Gasteiger partial charge in [0.15, 0.2) is 0 Å². The monoisotopic (exact) mass is 158 g/mol. The van der Waals surface area contributed by atoms with Crippen LogP contribution >= 0.6 is 11.3 Å². The molecule has 1 aromatic rings. The van der Waals surface area contributed by atoms with Crippen molar-refractivity contribution in [2.75, 3.05) is 6.61 Å². The predicted octanol–water partition coefficient (Wildman–Crippen LogP) is 0.808. The van der Waals surface area contributed by atoms with Gasteiger partial charge in [-0.2, -0.15) is 0 Å². The first-order chi connectivity index (χ1) is 4.67. The summed E-state index contributed by atoms with van der Waals surface area (Å²) in [4.78, 5) is 0. The number of rotatable bonds is 2. The van der Waals surface area contributed by atoms with Crippen LogP contribution in [0.5, 0.6) is 0 Å². The first-order valence-corrected chi connectivity index (χ1v) is 3.92. The van der Waals surface area contributed by atoms with Gasteiger partial charge in [0.05, 0.1) is 6.61 Å².